The average Bonchev–Trinajstić information content (AvgIpc) is 2.17. The molecule has 0 saturated heterocycles. The quantitative estimate of drug-likeness (QED) is 0.862. The summed E-state index contributed by atoms with van der Waals surface area (Å²) in [5, 5.41) is -0.0761. The largest absolute Gasteiger partial charge is 0.433 e. The molecular weight excluding hydrogens is 274 g/mol. The molecule has 0 atom stereocenters. The van der Waals surface area contributed by atoms with Gasteiger partial charge < -0.3 is 10.5 Å². The van der Waals surface area contributed by atoms with E-state index in [9.17, 15) is 17.6 Å². The molecule has 0 bridgehead atoms. The Morgan fingerprint density at radius 1 is 1.28 bits per heavy atom. The molecule has 2 rings (SSSR count). The predicted molar refractivity (Wildman–Crippen MR) is 58.1 cm³/mol. The summed E-state index contributed by atoms with van der Waals surface area (Å²) in [5.74, 6) is -2.98. The number of nitrogens with two attached hydrogens (primary N) is 1. The molecule has 0 radical (unpaired) electrons. The Morgan fingerprint density at radius 3 is 2.33 bits per heavy atom. The smallest absolute Gasteiger partial charge is 0.387 e. The summed E-state index contributed by atoms with van der Waals surface area (Å²) in [4.78, 5) is 0. The van der Waals surface area contributed by atoms with Crippen LogP contribution in [-0.4, -0.2) is 12.5 Å². The highest BCUT2D eigenvalue weighted by Gasteiger charge is 2.55. The van der Waals surface area contributed by atoms with Gasteiger partial charge in [0.2, 0.25) is 0 Å². The van der Waals surface area contributed by atoms with E-state index in [0.29, 0.717) is 5.56 Å². The van der Waals surface area contributed by atoms with E-state index in [2.05, 4.69) is 4.74 Å². The maximum Gasteiger partial charge on any atom is 0.387 e. The van der Waals surface area contributed by atoms with E-state index in [0.717, 1.165) is 0 Å². The average molecular weight is 284 g/mol. The minimum Gasteiger partial charge on any atom is -0.433 e. The van der Waals surface area contributed by atoms with Gasteiger partial charge in [-0.2, -0.15) is 8.78 Å². The second-order valence-electron chi connectivity index (χ2n) is 4.39. The van der Waals surface area contributed by atoms with Crippen molar-refractivity contribution in [2.75, 3.05) is 0 Å². The van der Waals surface area contributed by atoms with Gasteiger partial charge in [0.05, 0.1) is 10.6 Å². The van der Waals surface area contributed by atoms with E-state index in [-0.39, 0.29) is 10.8 Å². The lowest BCUT2D eigenvalue weighted by Crippen LogP contribution is -2.55. The number of alkyl halides is 4. The van der Waals surface area contributed by atoms with Crippen LogP contribution in [0.3, 0.4) is 0 Å². The fourth-order valence-corrected chi connectivity index (χ4v) is 2.30. The third-order valence-corrected chi connectivity index (χ3v) is 3.17. The van der Waals surface area contributed by atoms with Gasteiger partial charge in [0.15, 0.2) is 0 Å². The SMILES string of the molecule is NC1(c2ccc(OC(F)F)c(Cl)c2)CC(F)(F)C1. The van der Waals surface area contributed by atoms with Crippen molar-refractivity contribution in [2.24, 2.45) is 5.73 Å². The molecule has 18 heavy (non-hydrogen) atoms. The number of ether oxygens (including phenoxy) is 1. The van der Waals surface area contributed by atoms with Gasteiger partial charge in [0.1, 0.15) is 5.75 Å². The van der Waals surface area contributed by atoms with E-state index in [4.69, 9.17) is 17.3 Å². The van der Waals surface area contributed by atoms with Gasteiger partial charge in [0.25, 0.3) is 5.92 Å². The molecule has 1 aliphatic rings. The molecule has 2 N–H and O–H groups in total. The van der Waals surface area contributed by atoms with E-state index >= 15 is 0 Å². The van der Waals surface area contributed by atoms with Crippen LogP contribution in [0, 0.1) is 0 Å². The fourth-order valence-electron chi connectivity index (χ4n) is 2.08. The first-order valence-electron chi connectivity index (χ1n) is 5.13. The number of benzene rings is 1. The molecule has 1 saturated carbocycles. The molecule has 0 heterocycles. The third kappa shape index (κ3) is 2.54. The standard InChI is InChI=1S/C11H10ClF4NO/c12-7-3-6(1-2-8(7)18-9(13)14)10(17)4-11(15,16)5-10/h1-3,9H,4-5,17H2. The van der Waals surface area contributed by atoms with Crippen LogP contribution >= 0.6 is 11.6 Å². The number of hydrogen-bond donors (Lipinski definition) is 1. The van der Waals surface area contributed by atoms with Gasteiger partial charge in [-0.3, -0.25) is 0 Å². The predicted octanol–water partition coefficient (Wildman–Crippen LogP) is 3.52. The second-order valence-corrected chi connectivity index (χ2v) is 4.80. The molecule has 0 spiro atoms. The van der Waals surface area contributed by atoms with Crippen LogP contribution in [0.4, 0.5) is 17.6 Å². The number of halogens is 5. The Morgan fingerprint density at radius 2 is 1.89 bits per heavy atom. The molecule has 0 amide bonds. The molecule has 2 nitrogen and oxygen atoms in total. The molecule has 0 aromatic heterocycles. The maximum absolute atomic E-state index is 12.8. The van der Waals surface area contributed by atoms with Crippen LogP contribution in [-0.2, 0) is 5.54 Å². The Labute approximate surface area is 106 Å². The van der Waals surface area contributed by atoms with Crippen LogP contribution in [0.2, 0.25) is 5.02 Å². The maximum atomic E-state index is 12.8. The summed E-state index contributed by atoms with van der Waals surface area (Å²) in [7, 11) is 0. The Balaban J connectivity index is 2.20. The Kier molecular flexibility index (Phi) is 3.19. The van der Waals surface area contributed by atoms with Crippen molar-refractivity contribution in [3.63, 3.8) is 0 Å². The van der Waals surface area contributed by atoms with E-state index in [1.54, 1.807) is 0 Å². The van der Waals surface area contributed by atoms with Gasteiger partial charge >= 0.3 is 6.61 Å². The summed E-state index contributed by atoms with van der Waals surface area (Å²) >= 11 is 5.73. The normalized spacial score (nSPS) is 20.6. The van der Waals surface area contributed by atoms with E-state index in [1.165, 1.54) is 18.2 Å². The third-order valence-electron chi connectivity index (χ3n) is 2.87. The zero-order valence-electron chi connectivity index (χ0n) is 9.10. The highest BCUT2D eigenvalue weighted by Crippen LogP contribution is 2.50. The summed E-state index contributed by atoms with van der Waals surface area (Å²) in [6.07, 6.45) is -0.962. The van der Waals surface area contributed by atoms with Crippen LogP contribution in [0.15, 0.2) is 18.2 Å². The van der Waals surface area contributed by atoms with Gasteiger partial charge in [-0.15, -0.1) is 0 Å². The van der Waals surface area contributed by atoms with Crippen LogP contribution < -0.4 is 10.5 Å². The fraction of sp³-hybridized carbons (Fsp3) is 0.455. The summed E-state index contributed by atoms with van der Waals surface area (Å²) < 4.78 is 53.8. The zero-order chi connectivity index (χ0) is 13.6. The highest BCUT2D eigenvalue weighted by molar-refractivity contribution is 6.32. The molecular formula is C11H10ClF4NO. The van der Waals surface area contributed by atoms with E-state index in [1.807, 2.05) is 0 Å². The molecule has 1 aromatic carbocycles. The molecule has 1 aliphatic carbocycles. The van der Waals surface area contributed by atoms with Crippen LogP contribution in [0.1, 0.15) is 18.4 Å². The van der Waals surface area contributed by atoms with Gasteiger partial charge in [0, 0.05) is 12.8 Å². The first kappa shape index (κ1) is 13.4. The van der Waals surface area contributed by atoms with Crippen molar-refractivity contribution in [3.8, 4) is 5.75 Å². The zero-order valence-corrected chi connectivity index (χ0v) is 9.85. The first-order chi connectivity index (χ1) is 8.22. The second kappa shape index (κ2) is 4.28. The minimum absolute atomic E-state index is 0.0761. The first-order valence-corrected chi connectivity index (χ1v) is 5.51. The van der Waals surface area contributed by atoms with Crippen LogP contribution in [0.25, 0.3) is 0 Å². The highest BCUT2D eigenvalue weighted by atomic mass is 35.5. The summed E-state index contributed by atoms with van der Waals surface area (Å²) in [6, 6.07) is 3.86. The number of rotatable bonds is 3. The minimum atomic E-state index is -2.99. The molecule has 1 aromatic rings. The topological polar surface area (TPSA) is 35.2 Å². The lowest BCUT2D eigenvalue weighted by atomic mass is 9.70. The Hall–Kier alpha value is -1.01. The van der Waals surface area contributed by atoms with Gasteiger partial charge in [-0.25, -0.2) is 8.78 Å². The monoisotopic (exact) mass is 283 g/mol. The lowest BCUT2D eigenvalue weighted by Gasteiger charge is -2.45. The molecule has 0 unspecified atom stereocenters. The number of hydrogen-bond acceptors (Lipinski definition) is 2. The molecule has 1 fully saturated rings. The van der Waals surface area contributed by atoms with Gasteiger partial charge in [-0.1, -0.05) is 17.7 Å². The molecule has 7 heteroatoms. The van der Waals surface area contributed by atoms with Crippen LogP contribution in [0.5, 0.6) is 5.75 Å². The van der Waals surface area contributed by atoms with Crippen molar-refractivity contribution < 1.29 is 22.3 Å². The van der Waals surface area contributed by atoms with Crippen molar-refractivity contribution in [3.05, 3.63) is 28.8 Å². The van der Waals surface area contributed by atoms with E-state index < -0.39 is 30.9 Å². The van der Waals surface area contributed by atoms with Crippen molar-refractivity contribution in [2.45, 2.75) is 30.9 Å². The summed E-state index contributed by atoms with van der Waals surface area (Å²) in [5.41, 5.74) is 5.03. The van der Waals surface area contributed by atoms with Crippen molar-refractivity contribution in [1.82, 2.24) is 0 Å². The Bertz CT molecular complexity index is 458. The summed E-state index contributed by atoms with van der Waals surface area (Å²) in [6.45, 7) is -2.99. The molecule has 100 valence electrons. The van der Waals surface area contributed by atoms with Crippen molar-refractivity contribution in [1.29, 1.82) is 0 Å². The van der Waals surface area contributed by atoms with Gasteiger partial charge in [-0.05, 0) is 17.7 Å². The lowest BCUT2D eigenvalue weighted by molar-refractivity contribution is -0.125. The van der Waals surface area contributed by atoms with Crippen molar-refractivity contribution >= 4 is 11.6 Å². The molecule has 0 aliphatic heterocycles.